The zero-order valence-electron chi connectivity index (χ0n) is 6.86. The quantitative estimate of drug-likeness (QED) is 0.152. The molecule has 102 valence electrons. The number of hydrogen-bond donors (Lipinski definition) is 8. The first kappa shape index (κ1) is 20.6. The Bertz CT molecular complexity index is 283. The van der Waals surface area contributed by atoms with Crippen LogP contribution in [0.4, 0.5) is 0 Å². The van der Waals surface area contributed by atoms with Gasteiger partial charge in [-0.1, -0.05) is 0 Å². The van der Waals surface area contributed by atoms with Crippen LogP contribution in [0.5, 0.6) is 0 Å². The first-order valence-corrected chi connectivity index (χ1v) is 8.51. The first-order valence-electron chi connectivity index (χ1n) is 2.13. The summed E-state index contributed by atoms with van der Waals surface area (Å²) >= 11 is -2.70. The van der Waals surface area contributed by atoms with Crippen LogP contribution >= 0.6 is 0 Å². The van der Waals surface area contributed by atoms with Crippen molar-refractivity contribution in [2.45, 2.75) is 0 Å². The third-order valence-corrected chi connectivity index (χ3v) is 0. The van der Waals surface area contributed by atoms with Crippen molar-refractivity contribution in [2.24, 2.45) is 17.5 Å². The minimum atomic E-state index is -4.67. The summed E-state index contributed by atoms with van der Waals surface area (Å²) in [5.41, 5.74) is 0. The Hall–Kier alpha value is 0.242. The summed E-state index contributed by atoms with van der Waals surface area (Å²) < 4.78 is 82.5. The van der Waals surface area contributed by atoms with Crippen LogP contribution < -0.4 is 17.5 Å². The summed E-state index contributed by atoms with van der Waals surface area (Å²) in [4.78, 5) is 0. The van der Waals surface area contributed by atoms with Gasteiger partial charge in [-0.2, -0.15) is 16.8 Å². The van der Waals surface area contributed by atoms with Crippen LogP contribution in [0.3, 0.4) is 0 Å². The molecule has 0 heterocycles. The summed E-state index contributed by atoms with van der Waals surface area (Å²) in [6, 6.07) is 0. The Kier molecular flexibility index (Phi) is 10.3. The molecule has 0 unspecified atom stereocenters. The summed E-state index contributed by atoms with van der Waals surface area (Å²) in [7, 11) is -9.33. The molecular formula is H12N4O8PdS2. The standard InChI is InChI=1S/4H2N.2H2O4S.Pd/c;;;;2*1-5(2,3)4;/h4*1H2;2*(H2,1,2,3,4);/q4*-1;;;+4. The molecule has 0 radical (unpaired) electrons. The zero-order chi connectivity index (χ0) is 13.5. The molecule has 0 rings (SSSR count). The van der Waals surface area contributed by atoms with E-state index in [0.717, 1.165) is 0 Å². The van der Waals surface area contributed by atoms with Gasteiger partial charge in [0.05, 0.1) is 0 Å². The Balaban J connectivity index is -0.000000144. The predicted octanol–water partition coefficient (Wildman–Crippen LogP) is -3.67. The molecule has 0 amide bonds. The number of nitrogens with two attached hydrogens (primary N) is 4. The van der Waals surface area contributed by atoms with Crippen LogP contribution in [0.2, 0.25) is 0 Å². The molecule has 0 bridgehead atoms. The van der Waals surface area contributed by atoms with Gasteiger partial charge >= 0.3 is 54.8 Å². The van der Waals surface area contributed by atoms with Gasteiger partial charge in [0.2, 0.25) is 0 Å². The van der Waals surface area contributed by atoms with Crippen LogP contribution in [-0.4, -0.2) is 35.0 Å². The van der Waals surface area contributed by atoms with E-state index in [2.05, 4.69) is 0 Å². The summed E-state index contributed by atoms with van der Waals surface area (Å²) in [5, 5.41) is 0. The molecule has 0 aromatic heterocycles. The average molecular weight is 367 g/mol. The molecule has 12 nitrogen and oxygen atoms in total. The van der Waals surface area contributed by atoms with Crippen molar-refractivity contribution in [3.05, 3.63) is 0 Å². The Morgan fingerprint density at radius 2 is 0.667 bits per heavy atom. The third-order valence-electron chi connectivity index (χ3n) is 0. The van der Waals surface area contributed by atoms with E-state index < -0.39 is 37.3 Å². The molecule has 0 aliphatic carbocycles. The fraction of sp³-hybridized carbons (Fsp3) is 0. The molecule has 0 fully saturated rings. The molecule has 15 heteroatoms. The molecule has 0 saturated heterocycles. The van der Waals surface area contributed by atoms with Gasteiger partial charge in [-0.25, -0.2) is 0 Å². The van der Waals surface area contributed by atoms with Crippen molar-refractivity contribution in [3.63, 3.8) is 0 Å². The van der Waals surface area contributed by atoms with E-state index in [0.29, 0.717) is 0 Å². The molecule has 12 N–H and O–H groups in total. The van der Waals surface area contributed by atoms with E-state index in [4.69, 9.17) is 52.5 Å². The van der Waals surface area contributed by atoms with Crippen molar-refractivity contribution in [1.29, 1.82) is 0 Å². The molecule has 0 aromatic rings. The number of hydrogen-bond acceptors (Lipinski definition) is 8. The van der Waals surface area contributed by atoms with E-state index in [1.54, 1.807) is 0 Å². The van der Waals surface area contributed by atoms with Gasteiger partial charge in [0.15, 0.2) is 0 Å². The van der Waals surface area contributed by atoms with Gasteiger partial charge in [0.25, 0.3) is 0 Å². The SMILES string of the molecule is O=S(=O)(O)O.O=S(=O)(O)O.[NH2][Pd]([NH2])([NH2])[NH2]. The fourth-order valence-corrected chi connectivity index (χ4v) is 0. The second-order valence-corrected chi connectivity index (χ2v) is 6.43. The number of rotatable bonds is 0. The molecule has 0 aromatic carbocycles. The van der Waals surface area contributed by atoms with Crippen molar-refractivity contribution in [2.75, 3.05) is 0 Å². The van der Waals surface area contributed by atoms with Crippen molar-refractivity contribution in [1.82, 2.24) is 0 Å². The minimum absolute atomic E-state index is 2.70. The molecule has 0 saturated carbocycles. The summed E-state index contributed by atoms with van der Waals surface area (Å²) in [6.07, 6.45) is 0. The summed E-state index contributed by atoms with van der Waals surface area (Å²) in [5.74, 6) is 0. The zero-order valence-corrected chi connectivity index (χ0v) is 10.1. The summed E-state index contributed by atoms with van der Waals surface area (Å²) in [6.45, 7) is 0. The second-order valence-electron chi connectivity index (χ2n) is 1.53. The van der Waals surface area contributed by atoms with Crippen LogP contribution in [0.15, 0.2) is 0 Å². The first-order chi connectivity index (χ1) is 6.00. The van der Waals surface area contributed by atoms with Crippen LogP contribution in [0.25, 0.3) is 0 Å². The molecule has 0 aliphatic heterocycles. The van der Waals surface area contributed by atoms with E-state index >= 15 is 0 Å². The maximum atomic E-state index is 8.74. The van der Waals surface area contributed by atoms with Crippen molar-refractivity contribution >= 4 is 20.8 Å². The van der Waals surface area contributed by atoms with Gasteiger partial charge in [-0.3, -0.25) is 18.2 Å². The third kappa shape index (κ3) is 36300. The molecule has 0 atom stereocenters. The molecule has 15 heavy (non-hydrogen) atoms. The maximum absolute atomic E-state index is 8.74. The molecule has 0 aliphatic rings. The van der Waals surface area contributed by atoms with Gasteiger partial charge in [-0.05, 0) is 0 Å². The van der Waals surface area contributed by atoms with Gasteiger partial charge in [0.1, 0.15) is 0 Å². The Morgan fingerprint density at radius 3 is 0.667 bits per heavy atom. The van der Waals surface area contributed by atoms with E-state index in [9.17, 15) is 0 Å². The molecule has 0 spiro atoms. The normalized spacial score (nSPS) is 12.8. The van der Waals surface area contributed by atoms with Crippen LogP contribution in [-0.2, 0) is 37.3 Å². The fourth-order valence-electron chi connectivity index (χ4n) is 0. The molecular weight excluding hydrogens is 355 g/mol. The topological polar surface area (TPSA) is 253 Å². The van der Waals surface area contributed by atoms with Gasteiger partial charge in [-0.15, -0.1) is 0 Å². The van der Waals surface area contributed by atoms with E-state index in [-0.39, 0.29) is 0 Å². The van der Waals surface area contributed by atoms with E-state index in [1.165, 1.54) is 0 Å². The Morgan fingerprint density at radius 1 is 0.667 bits per heavy atom. The van der Waals surface area contributed by atoms with Gasteiger partial charge < -0.3 is 0 Å². The second kappa shape index (κ2) is 7.50. The van der Waals surface area contributed by atoms with Crippen molar-refractivity contribution in [3.8, 4) is 0 Å². The van der Waals surface area contributed by atoms with Crippen molar-refractivity contribution < 1.29 is 51.6 Å². The van der Waals surface area contributed by atoms with Gasteiger partial charge in [0, 0.05) is 0 Å². The average Bonchev–Trinajstić information content (AvgIpc) is 1.41. The van der Waals surface area contributed by atoms with E-state index in [1.807, 2.05) is 0 Å². The van der Waals surface area contributed by atoms with Crippen LogP contribution in [0, 0.1) is 0 Å². The Labute approximate surface area is 89.9 Å². The van der Waals surface area contributed by atoms with Crippen LogP contribution in [0.1, 0.15) is 0 Å². The monoisotopic (exact) mass is 366 g/mol. The predicted molar refractivity (Wildman–Crippen MR) is 45.1 cm³/mol.